The molecule has 2 aromatic carbocycles. The molecule has 33 heavy (non-hydrogen) atoms. The first kappa shape index (κ1) is 23.9. The Hall–Kier alpha value is -2.25. The van der Waals surface area contributed by atoms with Crippen LogP contribution in [-0.4, -0.2) is 35.7 Å². The molecule has 1 saturated heterocycles. The van der Waals surface area contributed by atoms with Crippen LogP contribution in [0, 0.1) is 11.8 Å². The lowest BCUT2D eigenvalue weighted by Gasteiger charge is -2.43. The molecule has 0 bridgehead atoms. The van der Waals surface area contributed by atoms with E-state index in [4.69, 9.17) is 16.3 Å². The van der Waals surface area contributed by atoms with Crippen molar-refractivity contribution in [3.63, 3.8) is 0 Å². The van der Waals surface area contributed by atoms with E-state index in [9.17, 15) is 23.1 Å². The second-order valence-electron chi connectivity index (χ2n) is 9.16. The third kappa shape index (κ3) is 5.82. The van der Waals surface area contributed by atoms with Crippen LogP contribution in [0.25, 0.3) is 0 Å². The number of carboxylic acids is 1. The van der Waals surface area contributed by atoms with Crippen molar-refractivity contribution < 1.29 is 27.8 Å². The number of nitrogens with zero attached hydrogens (tertiary/aromatic N) is 1. The standard InChI is InChI=1S/C25H27ClF3NO3/c1-15(21-10-19(25(27,28)29)7-8-23(21)26)30-12-16(13-30)14-33-20-4-2-3-18(9-20)22(11-24(31)32)17-5-6-17/h2-4,7-10,15-17,22H,5-6,11-14H2,1H3,(H,31,32)/t15?,22-/m0/s1. The molecule has 1 heterocycles. The van der Waals surface area contributed by atoms with Crippen LogP contribution in [-0.2, 0) is 11.0 Å². The van der Waals surface area contributed by atoms with E-state index in [-0.39, 0.29) is 24.3 Å². The van der Waals surface area contributed by atoms with Crippen LogP contribution in [0.15, 0.2) is 42.5 Å². The van der Waals surface area contributed by atoms with E-state index >= 15 is 0 Å². The Morgan fingerprint density at radius 1 is 1.21 bits per heavy atom. The van der Waals surface area contributed by atoms with Crippen LogP contribution >= 0.6 is 11.6 Å². The first-order valence-corrected chi connectivity index (χ1v) is 11.5. The Morgan fingerprint density at radius 2 is 1.94 bits per heavy atom. The molecule has 0 spiro atoms. The molecule has 1 aliphatic carbocycles. The highest BCUT2D eigenvalue weighted by atomic mass is 35.5. The van der Waals surface area contributed by atoms with Gasteiger partial charge in [-0.25, -0.2) is 0 Å². The molecular formula is C25H27ClF3NO3. The molecule has 2 atom stereocenters. The maximum Gasteiger partial charge on any atom is 0.416 e. The van der Waals surface area contributed by atoms with E-state index in [1.54, 1.807) is 0 Å². The molecule has 4 nitrogen and oxygen atoms in total. The molecule has 178 valence electrons. The van der Waals surface area contributed by atoms with Crippen LogP contribution in [0.2, 0.25) is 5.02 Å². The molecule has 4 rings (SSSR count). The monoisotopic (exact) mass is 481 g/mol. The first-order chi connectivity index (χ1) is 15.6. The minimum atomic E-state index is -4.40. The molecule has 2 aromatic rings. The lowest BCUT2D eigenvalue weighted by molar-refractivity contribution is -0.138. The van der Waals surface area contributed by atoms with Crippen molar-refractivity contribution in [3.05, 3.63) is 64.2 Å². The van der Waals surface area contributed by atoms with E-state index in [1.165, 1.54) is 6.07 Å². The molecule has 1 aliphatic heterocycles. The number of hydrogen-bond donors (Lipinski definition) is 1. The van der Waals surface area contributed by atoms with E-state index in [2.05, 4.69) is 4.90 Å². The number of halogens is 4. The summed E-state index contributed by atoms with van der Waals surface area (Å²) in [6, 6.07) is 10.9. The summed E-state index contributed by atoms with van der Waals surface area (Å²) in [5.41, 5.74) is 0.782. The minimum absolute atomic E-state index is 0.0169. The summed E-state index contributed by atoms with van der Waals surface area (Å²) in [5.74, 6) is 0.640. The van der Waals surface area contributed by atoms with Gasteiger partial charge >= 0.3 is 12.1 Å². The van der Waals surface area contributed by atoms with Crippen molar-refractivity contribution in [3.8, 4) is 5.75 Å². The van der Waals surface area contributed by atoms with Gasteiger partial charge in [-0.2, -0.15) is 13.2 Å². The highest BCUT2D eigenvalue weighted by Gasteiger charge is 2.36. The summed E-state index contributed by atoms with van der Waals surface area (Å²) >= 11 is 6.19. The molecule has 0 radical (unpaired) electrons. The SMILES string of the molecule is CC(c1cc(C(F)(F)F)ccc1Cl)N1CC(COc2cccc([C@@H](CC(=O)O)C3CC3)c2)C1. The number of carboxylic acid groups (broad SMARTS) is 1. The maximum absolute atomic E-state index is 13.1. The number of benzene rings is 2. The van der Waals surface area contributed by atoms with Gasteiger partial charge in [-0.1, -0.05) is 23.7 Å². The van der Waals surface area contributed by atoms with Crippen molar-refractivity contribution in [2.24, 2.45) is 11.8 Å². The summed E-state index contributed by atoms with van der Waals surface area (Å²) in [5, 5.41) is 9.56. The zero-order valence-electron chi connectivity index (χ0n) is 18.3. The van der Waals surface area contributed by atoms with Crippen molar-refractivity contribution in [1.82, 2.24) is 4.90 Å². The molecule has 0 amide bonds. The molecule has 2 fully saturated rings. The Kier molecular flexibility index (Phi) is 6.91. The number of hydrogen-bond acceptors (Lipinski definition) is 3. The summed E-state index contributed by atoms with van der Waals surface area (Å²) in [6.07, 6.45) is -2.15. The van der Waals surface area contributed by atoms with Gasteiger partial charge in [-0.3, -0.25) is 9.69 Å². The summed E-state index contributed by atoms with van der Waals surface area (Å²) in [6.45, 7) is 3.77. The van der Waals surface area contributed by atoms with Crippen molar-refractivity contribution in [2.75, 3.05) is 19.7 Å². The first-order valence-electron chi connectivity index (χ1n) is 11.2. The van der Waals surface area contributed by atoms with Crippen LogP contribution in [0.5, 0.6) is 5.75 Å². The largest absolute Gasteiger partial charge is 0.493 e. The van der Waals surface area contributed by atoms with E-state index in [0.717, 1.165) is 36.3 Å². The predicted molar refractivity (Wildman–Crippen MR) is 120 cm³/mol. The number of alkyl halides is 3. The van der Waals surface area contributed by atoms with Gasteiger partial charge in [0.15, 0.2) is 0 Å². The molecular weight excluding hydrogens is 455 g/mol. The van der Waals surface area contributed by atoms with Gasteiger partial charge < -0.3 is 9.84 Å². The Labute approximate surface area is 196 Å². The van der Waals surface area contributed by atoms with Gasteiger partial charge in [0.1, 0.15) is 5.75 Å². The summed E-state index contributed by atoms with van der Waals surface area (Å²) < 4.78 is 45.2. The van der Waals surface area contributed by atoms with Crippen molar-refractivity contribution >= 4 is 17.6 Å². The average molecular weight is 482 g/mol. The Morgan fingerprint density at radius 3 is 2.58 bits per heavy atom. The van der Waals surface area contributed by atoms with Gasteiger partial charge in [-0.05, 0) is 73.1 Å². The molecule has 0 aromatic heterocycles. The zero-order valence-corrected chi connectivity index (χ0v) is 19.1. The number of ether oxygens (including phenoxy) is 1. The van der Waals surface area contributed by atoms with Crippen LogP contribution < -0.4 is 4.74 Å². The van der Waals surface area contributed by atoms with E-state index in [1.807, 2.05) is 31.2 Å². The number of aliphatic carboxylic acids is 1. The fourth-order valence-corrected chi connectivity index (χ4v) is 4.84. The fourth-order valence-electron chi connectivity index (χ4n) is 4.56. The molecule has 8 heteroatoms. The third-order valence-electron chi connectivity index (χ3n) is 6.66. The topological polar surface area (TPSA) is 49.8 Å². The van der Waals surface area contributed by atoms with Crippen LogP contribution in [0.4, 0.5) is 13.2 Å². The summed E-state index contributed by atoms with van der Waals surface area (Å²) in [7, 11) is 0. The second kappa shape index (κ2) is 9.55. The minimum Gasteiger partial charge on any atom is -0.493 e. The number of likely N-dealkylation sites (tertiary alicyclic amines) is 1. The Balaban J connectivity index is 1.32. The smallest absolute Gasteiger partial charge is 0.416 e. The van der Waals surface area contributed by atoms with Gasteiger partial charge in [0.25, 0.3) is 0 Å². The third-order valence-corrected chi connectivity index (χ3v) is 7.01. The second-order valence-corrected chi connectivity index (χ2v) is 9.56. The van der Waals surface area contributed by atoms with Gasteiger partial charge in [0.05, 0.1) is 18.6 Å². The predicted octanol–water partition coefficient (Wildman–Crippen LogP) is 6.40. The highest BCUT2D eigenvalue weighted by molar-refractivity contribution is 6.31. The Bertz CT molecular complexity index is 1000. The van der Waals surface area contributed by atoms with Gasteiger partial charge in [0, 0.05) is 30.1 Å². The molecule has 2 aliphatic rings. The van der Waals surface area contributed by atoms with Crippen molar-refractivity contribution in [1.29, 1.82) is 0 Å². The lowest BCUT2D eigenvalue weighted by Crippen LogP contribution is -2.50. The average Bonchev–Trinajstić information content (AvgIpc) is 3.55. The number of rotatable bonds is 9. The van der Waals surface area contributed by atoms with Crippen LogP contribution in [0.3, 0.4) is 0 Å². The van der Waals surface area contributed by atoms with Gasteiger partial charge in [-0.15, -0.1) is 0 Å². The lowest BCUT2D eigenvalue weighted by atomic mass is 9.91. The maximum atomic E-state index is 13.1. The number of carbonyl (C=O) groups is 1. The molecule has 1 saturated carbocycles. The van der Waals surface area contributed by atoms with E-state index < -0.39 is 17.7 Å². The fraction of sp³-hybridized carbons (Fsp3) is 0.480. The van der Waals surface area contributed by atoms with Gasteiger partial charge in [0.2, 0.25) is 0 Å². The zero-order chi connectivity index (χ0) is 23.8. The van der Waals surface area contributed by atoms with Crippen molar-refractivity contribution in [2.45, 2.75) is 44.3 Å². The normalized spacial score (nSPS) is 19.1. The molecule has 1 N–H and O–H groups in total. The van der Waals surface area contributed by atoms with E-state index in [0.29, 0.717) is 36.2 Å². The quantitative estimate of drug-likeness (QED) is 0.450. The molecule has 1 unspecified atom stereocenters. The van der Waals surface area contributed by atoms with Crippen LogP contribution in [0.1, 0.15) is 54.8 Å². The highest BCUT2D eigenvalue weighted by Crippen LogP contribution is 2.45. The summed E-state index contributed by atoms with van der Waals surface area (Å²) in [4.78, 5) is 13.3.